The molecule has 0 bridgehead atoms. The summed E-state index contributed by atoms with van der Waals surface area (Å²) in [6, 6.07) is 14.6. The zero-order valence-electron chi connectivity index (χ0n) is 15.1. The fraction of sp³-hybridized carbons (Fsp3) is 0.409. The van der Waals surface area contributed by atoms with Gasteiger partial charge in [0.2, 0.25) is 0 Å². The van der Waals surface area contributed by atoms with Crippen molar-refractivity contribution in [1.82, 2.24) is 4.90 Å². The van der Waals surface area contributed by atoms with Gasteiger partial charge in [-0.25, -0.2) is 0 Å². The van der Waals surface area contributed by atoms with Gasteiger partial charge in [-0.2, -0.15) is 0 Å². The molecule has 1 saturated carbocycles. The molecule has 2 N–H and O–H groups in total. The van der Waals surface area contributed by atoms with Crippen molar-refractivity contribution in [3.8, 4) is 5.75 Å². The Bertz CT molecular complexity index is 800. The fourth-order valence-electron chi connectivity index (χ4n) is 4.83. The van der Waals surface area contributed by atoms with E-state index in [0.29, 0.717) is 23.9 Å². The molecule has 1 saturated heterocycles. The van der Waals surface area contributed by atoms with Crippen LogP contribution >= 0.6 is 0 Å². The molecule has 2 aromatic rings. The van der Waals surface area contributed by atoms with E-state index in [1.807, 2.05) is 18.2 Å². The van der Waals surface area contributed by atoms with Gasteiger partial charge in [-0.1, -0.05) is 24.3 Å². The number of aryl methyl sites for hydroxylation is 1. The molecule has 1 aliphatic heterocycles. The molecule has 2 aliphatic rings. The Morgan fingerprint density at radius 3 is 2.31 bits per heavy atom. The second-order valence-electron chi connectivity index (χ2n) is 7.94. The van der Waals surface area contributed by atoms with Crippen LogP contribution in [0, 0.1) is 18.8 Å². The minimum Gasteiger partial charge on any atom is -0.508 e. The number of aromatic hydroxyl groups is 1. The third kappa shape index (κ3) is 3.15. The van der Waals surface area contributed by atoms with Gasteiger partial charge in [0, 0.05) is 18.7 Å². The number of hydrogen-bond donors (Lipinski definition) is 2. The van der Waals surface area contributed by atoms with Gasteiger partial charge in [-0.15, -0.1) is 0 Å². The van der Waals surface area contributed by atoms with Crippen molar-refractivity contribution in [2.75, 3.05) is 19.6 Å². The molecule has 4 heteroatoms. The first-order chi connectivity index (χ1) is 12.4. The van der Waals surface area contributed by atoms with E-state index in [1.54, 1.807) is 24.3 Å². The van der Waals surface area contributed by atoms with Crippen LogP contribution in [0.4, 0.5) is 0 Å². The van der Waals surface area contributed by atoms with Gasteiger partial charge in [-0.05, 0) is 67.0 Å². The van der Waals surface area contributed by atoms with Crippen LogP contribution in [0.5, 0.6) is 5.75 Å². The highest BCUT2D eigenvalue weighted by Gasteiger charge is 2.49. The maximum Gasteiger partial charge on any atom is 0.176 e. The first-order valence-electron chi connectivity index (χ1n) is 9.28. The topological polar surface area (TPSA) is 60.8 Å². The highest BCUT2D eigenvalue weighted by Crippen LogP contribution is 2.49. The summed E-state index contributed by atoms with van der Waals surface area (Å²) in [5.74, 6) is 1.13. The van der Waals surface area contributed by atoms with Crippen LogP contribution < -0.4 is 0 Å². The van der Waals surface area contributed by atoms with E-state index in [2.05, 4.69) is 17.9 Å². The van der Waals surface area contributed by atoms with Gasteiger partial charge in [0.05, 0.1) is 12.1 Å². The Balaban J connectivity index is 1.40. The lowest BCUT2D eigenvalue weighted by molar-refractivity contribution is 0.0309. The summed E-state index contributed by atoms with van der Waals surface area (Å²) in [4.78, 5) is 14.7. The lowest BCUT2D eigenvalue weighted by Gasteiger charge is -2.27. The molecule has 2 aromatic carbocycles. The number of benzene rings is 2. The van der Waals surface area contributed by atoms with Crippen LogP contribution in [-0.2, 0) is 5.60 Å². The summed E-state index contributed by atoms with van der Waals surface area (Å²) in [5.41, 5.74) is 2.11. The SMILES string of the molecule is Cc1ccccc1[C@]1(O)C[C@H]2CN(CC(=O)c3ccc(O)cc3)C[C@H]2C1. The Kier molecular flexibility index (Phi) is 4.33. The zero-order valence-corrected chi connectivity index (χ0v) is 15.1. The number of rotatable bonds is 4. The highest BCUT2D eigenvalue weighted by molar-refractivity contribution is 5.97. The van der Waals surface area contributed by atoms with Crippen LogP contribution in [0.1, 0.15) is 34.3 Å². The van der Waals surface area contributed by atoms with Crippen LogP contribution in [0.3, 0.4) is 0 Å². The molecule has 4 nitrogen and oxygen atoms in total. The molecule has 0 unspecified atom stereocenters. The maximum absolute atomic E-state index is 12.5. The summed E-state index contributed by atoms with van der Waals surface area (Å²) in [5, 5.41) is 20.6. The van der Waals surface area contributed by atoms with Crippen molar-refractivity contribution in [1.29, 1.82) is 0 Å². The molecule has 136 valence electrons. The Hall–Kier alpha value is -2.17. The van der Waals surface area contributed by atoms with Gasteiger partial charge in [0.1, 0.15) is 5.75 Å². The zero-order chi connectivity index (χ0) is 18.3. The Morgan fingerprint density at radius 2 is 1.69 bits per heavy atom. The Labute approximate surface area is 154 Å². The van der Waals surface area contributed by atoms with Crippen LogP contribution in [0.25, 0.3) is 0 Å². The predicted octanol–water partition coefficient (Wildman–Crippen LogP) is 3.11. The molecule has 0 radical (unpaired) electrons. The van der Waals surface area contributed by atoms with E-state index in [9.17, 15) is 15.0 Å². The van der Waals surface area contributed by atoms with Crippen LogP contribution in [0.2, 0.25) is 0 Å². The Morgan fingerprint density at radius 1 is 1.08 bits per heavy atom. The first-order valence-corrected chi connectivity index (χ1v) is 9.28. The normalized spacial score (nSPS) is 28.2. The van der Waals surface area contributed by atoms with Crippen molar-refractivity contribution >= 4 is 5.78 Å². The van der Waals surface area contributed by atoms with Crippen molar-refractivity contribution in [3.63, 3.8) is 0 Å². The van der Waals surface area contributed by atoms with Crippen LogP contribution in [-0.4, -0.2) is 40.5 Å². The van der Waals surface area contributed by atoms with E-state index in [4.69, 9.17) is 0 Å². The minimum absolute atomic E-state index is 0.0825. The highest BCUT2D eigenvalue weighted by atomic mass is 16.3. The number of phenols is 1. The summed E-state index contributed by atoms with van der Waals surface area (Å²) in [6.07, 6.45) is 1.54. The first kappa shape index (κ1) is 17.3. The molecular weight excluding hydrogens is 326 g/mol. The molecule has 0 spiro atoms. The molecule has 26 heavy (non-hydrogen) atoms. The largest absolute Gasteiger partial charge is 0.508 e. The van der Waals surface area contributed by atoms with Gasteiger partial charge in [-0.3, -0.25) is 9.69 Å². The number of carbonyl (C=O) groups is 1. The summed E-state index contributed by atoms with van der Waals surface area (Å²) < 4.78 is 0. The number of hydrogen-bond acceptors (Lipinski definition) is 4. The van der Waals surface area contributed by atoms with Crippen molar-refractivity contribution in [2.24, 2.45) is 11.8 Å². The van der Waals surface area contributed by atoms with E-state index in [1.165, 1.54) is 0 Å². The van der Waals surface area contributed by atoms with E-state index < -0.39 is 5.60 Å². The predicted molar refractivity (Wildman–Crippen MR) is 100 cm³/mol. The maximum atomic E-state index is 12.5. The fourth-order valence-corrected chi connectivity index (χ4v) is 4.83. The monoisotopic (exact) mass is 351 g/mol. The number of carbonyl (C=O) groups excluding carboxylic acids is 1. The summed E-state index contributed by atoms with van der Waals surface area (Å²) in [7, 11) is 0. The van der Waals surface area contributed by atoms with Crippen molar-refractivity contribution < 1.29 is 15.0 Å². The number of aliphatic hydroxyl groups is 1. The standard InChI is InChI=1S/C22H25NO3/c1-15-4-2-3-5-20(15)22(26)10-17-12-23(13-18(17)11-22)14-21(25)16-6-8-19(24)9-7-16/h2-9,17-18,24,26H,10-14H2,1H3/t17-,18+,22-. The number of ketones is 1. The van der Waals surface area contributed by atoms with Gasteiger partial charge in [0.25, 0.3) is 0 Å². The third-order valence-electron chi connectivity index (χ3n) is 6.05. The second kappa shape index (κ2) is 6.53. The quantitative estimate of drug-likeness (QED) is 0.831. The summed E-state index contributed by atoms with van der Waals surface area (Å²) in [6.45, 7) is 4.19. The molecule has 3 atom stereocenters. The number of Topliss-reactive ketones (excluding diaryl/α,β-unsaturated/α-hetero) is 1. The van der Waals surface area contributed by atoms with Gasteiger partial charge >= 0.3 is 0 Å². The molecule has 1 heterocycles. The second-order valence-corrected chi connectivity index (χ2v) is 7.94. The molecule has 4 rings (SSSR count). The van der Waals surface area contributed by atoms with E-state index >= 15 is 0 Å². The lowest BCUT2D eigenvalue weighted by atomic mass is 9.87. The number of phenolic OH excluding ortho intramolecular Hbond substituents is 1. The third-order valence-corrected chi connectivity index (χ3v) is 6.05. The smallest absolute Gasteiger partial charge is 0.176 e. The number of nitrogens with zero attached hydrogens (tertiary/aromatic N) is 1. The van der Waals surface area contributed by atoms with E-state index in [0.717, 1.165) is 37.1 Å². The number of fused-ring (bicyclic) bond motifs is 1. The van der Waals surface area contributed by atoms with Gasteiger partial charge in [0.15, 0.2) is 5.78 Å². The summed E-state index contributed by atoms with van der Waals surface area (Å²) >= 11 is 0. The van der Waals surface area contributed by atoms with Crippen LogP contribution in [0.15, 0.2) is 48.5 Å². The molecule has 1 aliphatic carbocycles. The minimum atomic E-state index is -0.728. The molecular formula is C22H25NO3. The lowest BCUT2D eigenvalue weighted by Crippen LogP contribution is -2.32. The molecule has 0 aromatic heterocycles. The van der Waals surface area contributed by atoms with E-state index in [-0.39, 0.29) is 11.5 Å². The van der Waals surface area contributed by atoms with Crippen molar-refractivity contribution in [3.05, 3.63) is 65.2 Å². The number of likely N-dealkylation sites (tertiary alicyclic amines) is 1. The average molecular weight is 351 g/mol. The molecule has 2 fully saturated rings. The average Bonchev–Trinajstić information content (AvgIpc) is 3.10. The van der Waals surface area contributed by atoms with Crippen molar-refractivity contribution in [2.45, 2.75) is 25.4 Å². The molecule has 0 amide bonds. The van der Waals surface area contributed by atoms with Gasteiger partial charge < -0.3 is 10.2 Å².